The number of hydrogen-bond acceptors (Lipinski definition) is 6. The molecule has 0 saturated carbocycles. The number of benzene rings is 2. The van der Waals surface area contributed by atoms with Gasteiger partial charge in [-0.3, -0.25) is 9.59 Å². The molecule has 1 N–H and O–H groups in total. The van der Waals surface area contributed by atoms with Crippen molar-refractivity contribution in [1.82, 2.24) is 4.90 Å². The first-order chi connectivity index (χ1) is 15.6. The highest BCUT2D eigenvalue weighted by Crippen LogP contribution is 2.29. The molecule has 8 nitrogen and oxygen atoms in total. The number of nitrogens with zero attached hydrogens (tertiary/aromatic N) is 2. The lowest BCUT2D eigenvalue weighted by atomic mass is 10.1. The van der Waals surface area contributed by atoms with Crippen LogP contribution < -0.4 is 14.8 Å². The first kappa shape index (κ1) is 22.8. The molecule has 2 amide bonds. The van der Waals surface area contributed by atoms with Crippen LogP contribution in [0.15, 0.2) is 54.1 Å². The Kier molecular flexibility index (Phi) is 8.23. The van der Waals surface area contributed by atoms with Gasteiger partial charge in [-0.15, -0.1) is 0 Å². The van der Waals surface area contributed by atoms with Crippen molar-refractivity contribution < 1.29 is 23.8 Å². The monoisotopic (exact) mass is 435 g/mol. The summed E-state index contributed by atoms with van der Waals surface area (Å²) in [5.74, 6) is 0.215. The average Bonchev–Trinajstić information content (AvgIpc) is 2.83. The van der Waals surface area contributed by atoms with Crippen molar-refractivity contribution in [3.8, 4) is 17.6 Å². The summed E-state index contributed by atoms with van der Waals surface area (Å²) in [5, 5.41) is 12.1. The number of anilines is 1. The number of nitriles is 1. The standard InChI is InChI=1S/C24H25N3O5/c1-2-31-22-15-18(14-19(16-25)24(29)26-20-6-4-3-5-7-20)8-9-21(22)32-17-23(28)27-10-12-30-13-11-27/h3-9,14-15H,2,10-13,17H2,1H3,(H,26,29)/b19-14-. The van der Waals surface area contributed by atoms with Gasteiger partial charge in [-0.2, -0.15) is 5.26 Å². The number of para-hydroxylation sites is 1. The minimum atomic E-state index is -0.506. The summed E-state index contributed by atoms with van der Waals surface area (Å²) in [5.41, 5.74) is 1.15. The molecule has 0 bridgehead atoms. The predicted octanol–water partition coefficient (Wildman–Crippen LogP) is 2.87. The molecular weight excluding hydrogens is 410 g/mol. The van der Waals surface area contributed by atoms with Gasteiger partial charge >= 0.3 is 0 Å². The molecule has 0 aliphatic carbocycles. The number of ether oxygens (including phenoxy) is 3. The number of nitrogens with one attached hydrogen (secondary N) is 1. The van der Waals surface area contributed by atoms with E-state index in [-0.39, 0.29) is 18.1 Å². The second-order valence-electron chi connectivity index (χ2n) is 6.91. The van der Waals surface area contributed by atoms with Gasteiger partial charge in [0.05, 0.1) is 19.8 Å². The van der Waals surface area contributed by atoms with Crippen molar-refractivity contribution >= 4 is 23.6 Å². The van der Waals surface area contributed by atoms with E-state index < -0.39 is 5.91 Å². The maximum absolute atomic E-state index is 12.4. The molecule has 0 unspecified atom stereocenters. The molecule has 1 fully saturated rings. The van der Waals surface area contributed by atoms with Crippen LogP contribution in [0.1, 0.15) is 12.5 Å². The van der Waals surface area contributed by atoms with Gasteiger partial charge in [0.2, 0.25) is 0 Å². The van der Waals surface area contributed by atoms with E-state index in [9.17, 15) is 14.9 Å². The molecule has 1 heterocycles. The second-order valence-corrected chi connectivity index (χ2v) is 6.91. The Morgan fingerprint density at radius 1 is 1.12 bits per heavy atom. The first-order valence-electron chi connectivity index (χ1n) is 10.3. The Balaban J connectivity index is 1.71. The van der Waals surface area contributed by atoms with Crippen LogP contribution >= 0.6 is 0 Å². The van der Waals surface area contributed by atoms with Crippen LogP contribution in [0.2, 0.25) is 0 Å². The molecule has 166 valence electrons. The van der Waals surface area contributed by atoms with Crippen LogP contribution in [-0.4, -0.2) is 56.2 Å². The zero-order chi connectivity index (χ0) is 22.8. The van der Waals surface area contributed by atoms with Gasteiger partial charge in [0, 0.05) is 18.8 Å². The molecule has 0 aromatic heterocycles. The third-order valence-electron chi connectivity index (χ3n) is 4.69. The van der Waals surface area contributed by atoms with Crippen molar-refractivity contribution in [2.24, 2.45) is 0 Å². The number of carbonyl (C=O) groups is 2. The van der Waals surface area contributed by atoms with E-state index in [1.54, 1.807) is 47.4 Å². The zero-order valence-corrected chi connectivity index (χ0v) is 17.9. The van der Waals surface area contributed by atoms with Crippen LogP contribution in [-0.2, 0) is 14.3 Å². The minimum absolute atomic E-state index is 0.0486. The Labute approximate surface area is 187 Å². The number of carbonyl (C=O) groups excluding carboxylic acids is 2. The summed E-state index contributed by atoms with van der Waals surface area (Å²) in [6, 6.07) is 15.9. The summed E-state index contributed by atoms with van der Waals surface area (Å²) in [4.78, 5) is 26.5. The van der Waals surface area contributed by atoms with E-state index in [1.807, 2.05) is 19.1 Å². The highest BCUT2D eigenvalue weighted by atomic mass is 16.5. The van der Waals surface area contributed by atoms with Gasteiger partial charge in [0.15, 0.2) is 18.1 Å². The molecule has 0 atom stereocenters. The maximum Gasteiger partial charge on any atom is 0.266 e. The van der Waals surface area contributed by atoms with Gasteiger partial charge in [-0.25, -0.2) is 0 Å². The van der Waals surface area contributed by atoms with Crippen molar-refractivity contribution in [3.05, 3.63) is 59.7 Å². The largest absolute Gasteiger partial charge is 0.490 e. The summed E-state index contributed by atoms with van der Waals surface area (Å²) in [7, 11) is 0. The van der Waals surface area contributed by atoms with Crippen LogP contribution in [0.5, 0.6) is 11.5 Å². The Morgan fingerprint density at radius 2 is 1.88 bits per heavy atom. The molecule has 1 aliphatic rings. The normalized spacial score (nSPS) is 13.8. The number of rotatable bonds is 8. The van der Waals surface area contributed by atoms with Crippen molar-refractivity contribution in [3.63, 3.8) is 0 Å². The van der Waals surface area contributed by atoms with Gasteiger partial charge in [-0.1, -0.05) is 24.3 Å². The molecule has 2 aromatic carbocycles. The third kappa shape index (κ3) is 6.33. The lowest BCUT2D eigenvalue weighted by Gasteiger charge is -2.26. The van der Waals surface area contributed by atoms with E-state index in [0.29, 0.717) is 55.7 Å². The van der Waals surface area contributed by atoms with Crippen molar-refractivity contribution in [2.75, 3.05) is 44.8 Å². The first-order valence-corrected chi connectivity index (χ1v) is 10.3. The molecule has 0 spiro atoms. The van der Waals surface area contributed by atoms with Crippen molar-refractivity contribution in [1.29, 1.82) is 5.26 Å². The summed E-state index contributed by atoms with van der Waals surface area (Å²) in [6.07, 6.45) is 1.48. The fourth-order valence-electron chi connectivity index (χ4n) is 3.08. The molecule has 2 aromatic rings. The summed E-state index contributed by atoms with van der Waals surface area (Å²) >= 11 is 0. The number of amides is 2. The third-order valence-corrected chi connectivity index (χ3v) is 4.69. The van der Waals surface area contributed by atoms with Crippen molar-refractivity contribution in [2.45, 2.75) is 6.92 Å². The molecular formula is C24H25N3O5. The van der Waals surface area contributed by atoms with Crippen LogP contribution in [0.25, 0.3) is 6.08 Å². The van der Waals surface area contributed by atoms with Crippen LogP contribution in [0.4, 0.5) is 5.69 Å². The highest BCUT2D eigenvalue weighted by molar-refractivity contribution is 6.09. The fraction of sp³-hybridized carbons (Fsp3) is 0.292. The lowest BCUT2D eigenvalue weighted by molar-refractivity contribution is -0.137. The zero-order valence-electron chi connectivity index (χ0n) is 17.9. The van der Waals surface area contributed by atoms with Crippen LogP contribution in [0, 0.1) is 11.3 Å². The SMILES string of the molecule is CCOc1cc(/C=C(/C#N)C(=O)Nc2ccccc2)ccc1OCC(=O)N1CCOCC1. The topological polar surface area (TPSA) is 101 Å². The molecule has 1 saturated heterocycles. The van der Waals surface area contributed by atoms with Gasteiger partial charge in [0.1, 0.15) is 11.6 Å². The van der Waals surface area contributed by atoms with Crippen LogP contribution in [0.3, 0.4) is 0 Å². The molecule has 32 heavy (non-hydrogen) atoms. The highest BCUT2D eigenvalue weighted by Gasteiger charge is 2.18. The maximum atomic E-state index is 12.4. The smallest absolute Gasteiger partial charge is 0.266 e. The lowest BCUT2D eigenvalue weighted by Crippen LogP contribution is -2.43. The van der Waals surface area contributed by atoms with E-state index in [2.05, 4.69) is 5.32 Å². The molecule has 1 aliphatic heterocycles. The number of morpholine rings is 1. The molecule has 8 heteroatoms. The van der Waals surface area contributed by atoms with E-state index >= 15 is 0 Å². The Morgan fingerprint density at radius 3 is 2.56 bits per heavy atom. The van der Waals surface area contributed by atoms with E-state index in [4.69, 9.17) is 14.2 Å². The molecule has 3 rings (SSSR count). The summed E-state index contributed by atoms with van der Waals surface area (Å²) in [6.45, 7) is 4.25. The van der Waals surface area contributed by atoms with Gasteiger partial charge in [-0.05, 0) is 42.8 Å². The summed E-state index contributed by atoms with van der Waals surface area (Å²) < 4.78 is 16.6. The fourth-order valence-corrected chi connectivity index (χ4v) is 3.08. The predicted molar refractivity (Wildman–Crippen MR) is 119 cm³/mol. The number of hydrogen-bond donors (Lipinski definition) is 1. The Bertz CT molecular complexity index is 1010. The Hall–Kier alpha value is -3.83. The minimum Gasteiger partial charge on any atom is -0.490 e. The molecule has 0 radical (unpaired) electrons. The second kappa shape index (κ2) is 11.5. The van der Waals surface area contributed by atoms with Gasteiger partial charge < -0.3 is 24.4 Å². The quantitative estimate of drug-likeness (QED) is 0.505. The van der Waals surface area contributed by atoms with E-state index in [0.717, 1.165) is 0 Å². The van der Waals surface area contributed by atoms with Gasteiger partial charge in [0.25, 0.3) is 11.8 Å². The van der Waals surface area contributed by atoms with E-state index in [1.165, 1.54) is 6.08 Å². The average molecular weight is 435 g/mol.